The van der Waals surface area contributed by atoms with Gasteiger partial charge in [-0.15, -0.1) is 0 Å². The van der Waals surface area contributed by atoms with Gasteiger partial charge in [0.2, 0.25) is 11.8 Å². The number of halogens is 3. The normalized spacial score (nSPS) is 20.2. The second kappa shape index (κ2) is 9.88. The molecule has 5 rings (SSSR count). The molecule has 2 unspecified atom stereocenters. The first-order valence-corrected chi connectivity index (χ1v) is 13.1. The Balaban J connectivity index is 1.70. The standard InChI is InChI=1S/C28H23Cl3N2O5/c1-14(34)37-23-12-24(35)33(27(23)36)22-13-28(2,3)38-26-20(22)11-19(15-4-6-16(29)7-5-15)25(32-26)18-9-8-17(30)10-21(18)31/h4-11,22-23H,12-13H2,1-3H3. The lowest BCUT2D eigenvalue weighted by Gasteiger charge is -2.40. The molecule has 2 aromatic carbocycles. The van der Waals surface area contributed by atoms with E-state index in [4.69, 9.17) is 49.3 Å². The number of imide groups is 1. The molecule has 0 spiro atoms. The highest BCUT2D eigenvalue weighted by Gasteiger charge is 2.49. The number of carbonyl (C=O) groups excluding carboxylic acids is 3. The smallest absolute Gasteiger partial charge is 0.303 e. The Morgan fingerprint density at radius 2 is 1.71 bits per heavy atom. The van der Waals surface area contributed by atoms with Gasteiger partial charge in [0.15, 0.2) is 6.10 Å². The summed E-state index contributed by atoms with van der Waals surface area (Å²) >= 11 is 18.9. The summed E-state index contributed by atoms with van der Waals surface area (Å²) in [6, 6.07) is 13.6. The van der Waals surface area contributed by atoms with E-state index in [0.717, 1.165) is 5.56 Å². The van der Waals surface area contributed by atoms with Crippen molar-refractivity contribution >= 4 is 52.6 Å². The summed E-state index contributed by atoms with van der Waals surface area (Å²) in [6.07, 6.45) is -1.03. The highest BCUT2D eigenvalue weighted by Crippen LogP contribution is 2.47. The van der Waals surface area contributed by atoms with E-state index in [-0.39, 0.29) is 12.3 Å². The number of ether oxygens (including phenoxy) is 2. The van der Waals surface area contributed by atoms with Crippen LogP contribution in [-0.4, -0.2) is 39.4 Å². The zero-order chi connectivity index (χ0) is 27.4. The Morgan fingerprint density at radius 3 is 2.37 bits per heavy atom. The number of hydrogen-bond acceptors (Lipinski definition) is 6. The van der Waals surface area contributed by atoms with Crippen molar-refractivity contribution in [3.05, 3.63) is 69.2 Å². The van der Waals surface area contributed by atoms with Gasteiger partial charge >= 0.3 is 5.97 Å². The first-order chi connectivity index (χ1) is 17.9. The fourth-order valence-corrected chi connectivity index (χ4v) is 5.54. The number of nitrogens with zero attached hydrogens (tertiary/aromatic N) is 2. The third kappa shape index (κ3) is 4.98. The maximum absolute atomic E-state index is 13.3. The van der Waals surface area contributed by atoms with Crippen LogP contribution in [0.25, 0.3) is 22.4 Å². The molecule has 38 heavy (non-hydrogen) atoms. The first-order valence-electron chi connectivity index (χ1n) is 11.9. The minimum absolute atomic E-state index is 0.207. The predicted octanol–water partition coefficient (Wildman–Crippen LogP) is 6.67. The Kier molecular flexibility index (Phi) is 6.88. The van der Waals surface area contributed by atoms with Crippen LogP contribution in [0, 0.1) is 0 Å². The maximum Gasteiger partial charge on any atom is 0.303 e. The summed E-state index contributed by atoms with van der Waals surface area (Å²) in [5.41, 5.74) is 2.48. The van der Waals surface area contributed by atoms with Crippen molar-refractivity contribution in [2.75, 3.05) is 0 Å². The lowest BCUT2D eigenvalue weighted by atomic mass is 9.87. The molecule has 2 aliphatic heterocycles. The van der Waals surface area contributed by atoms with E-state index < -0.39 is 35.5 Å². The summed E-state index contributed by atoms with van der Waals surface area (Å²) < 4.78 is 11.4. The average Bonchev–Trinajstić information content (AvgIpc) is 3.10. The largest absolute Gasteiger partial charge is 0.471 e. The van der Waals surface area contributed by atoms with E-state index in [9.17, 15) is 14.4 Å². The molecule has 3 aromatic rings. The molecule has 7 nitrogen and oxygen atoms in total. The minimum Gasteiger partial charge on any atom is -0.471 e. The van der Waals surface area contributed by atoms with Gasteiger partial charge in [-0.2, -0.15) is 0 Å². The molecule has 2 atom stereocenters. The molecule has 0 bridgehead atoms. The Hall–Kier alpha value is -3.13. The second-order valence-electron chi connectivity index (χ2n) is 9.90. The summed E-state index contributed by atoms with van der Waals surface area (Å²) in [6.45, 7) is 4.93. The van der Waals surface area contributed by atoms with Crippen LogP contribution in [-0.2, 0) is 19.1 Å². The van der Waals surface area contributed by atoms with Gasteiger partial charge < -0.3 is 9.47 Å². The molecule has 196 valence electrons. The van der Waals surface area contributed by atoms with Gasteiger partial charge in [0.1, 0.15) is 5.60 Å². The zero-order valence-electron chi connectivity index (χ0n) is 20.8. The molecule has 2 amide bonds. The molecular formula is C28H23Cl3N2O5. The first kappa shape index (κ1) is 26.5. The third-order valence-electron chi connectivity index (χ3n) is 6.54. The number of esters is 1. The number of likely N-dealkylation sites (tertiary alicyclic amines) is 1. The molecule has 3 heterocycles. The average molecular weight is 574 g/mol. The predicted molar refractivity (Wildman–Crippen MR) is 144 cm³/mol. The van der Waals surface area contributed by atoms with Crippen LogP contribution in [0.5, 0.6) is 5.88 Å². The molecule has 10 heteroatoms. The lowest BCUT2D eigenvalue weighted by molar-refractivity contribution is -0.156. The molecule has 0 N–H and O–H groups in total. The maximum atomic E-state index is 13.3. The number of amides is 2. The van der Waals surface area contributed by atoms with Gasteiger partial charge in [-0.1, -0.05) is 46.9 Å². The lowest BCUT2D eigenvalue weighted by Crippen LogP contribution is -2.44. The molecule has 2 aliphatic rings. The molecule has 1 aromatic heterocycles. The van der Waals surface area contributed by atoms with Gasteiger partial charge in [0.05, 0.1) is 23.2 Å². The highest BCUT2D eigenvalue weighted by molar-refractivity contribution is 6.36. The molecular weight excluding hydrogens is 551 g/mol. The van der Waals surface area contributed by atoms with Crippen LogP contribution in [0.1, 0.15) is 45.2 Å². The molecule has 0 radical (unpaired) electrons. The Labute approximate surface area is 234 Å². The molecule has 1 saturated heterocycles. The van der Waals surface area contributed by atoms with Crippen LogP contribution in [0.3, 0.4) is 0 Å². The van der Waals surface area contributed by atoms with Crippen molar-refractivity contribution in [2.45, 2.75) is 51.4 Å². The van der Waals surface area contributed by atoms with Crippen LogP contribution in [0.15, 0.2) is 48.5 Å². The monoisotopic (exact) mass is 572 g/mol. The Bertz CT molecular complexity index is 1470. The second-order valence-corrected chi connectivity index (χ2v) is 11.2. The van der Waals surface area contributed by atoms with Crippen molar-refractivity contribution in [1.29, 1.82) is 0 Å². The molecule has 0 saturated carbocycles. The van der Waals surface area contributed by atoms with Crippen LogP contribution in [0.4, 0.5) is 0 Å². The summed E-state index contributed by atoms with van der Waals surface area (Å²) in [5, 5.41) is 1.45. The van der Waals surface area contributed by atoms with Crippen LogP contribution >= 0.6 is 34.8 Å². The van der Waals surface area contributed by atoms with Gasteiger partial charge in [0.25, 0.3) is 5.91 Å². The van der Waals surface area contributed by atoms with Crippen LogP contribution in [0.2, 0.25) is 15.1 Å². The SMILES string of the molecule is CC(=O)OC1CC(=O)N(C2CC(C)(C)Oc3nc(-c4ccc(Cl)cc4Cl)c(-c4ccc(Cl)cc4)cc32)C1=O. The number of rotatable bonds is 4. The number of hydrogen-bond donors (Lipinski definition) is 0. The van der Waals surface area contributed by atoms with Gasteiger partial charge in [0, 0.05) is 40.1 Å². The number of aromatic nitrogens is 1. The van der Waals surface area contributed by atoms with Gasteiger partial charge in [-0.05, 0) is 55.8 Å². The number of carbonyl (C=O) groups is 3. The molecule has 0 aliphatic carbocycles. The van der Waals surface area contributed by atoms with E-state index in [0.29, 0.717) is 43.9 Å². The summed E-state index contributed by atoms with van der Waals surface area (Å²) in [7, 11) is 0. The van der Waals surface area contributed by atoms with Crippen molar-refractivity contribution in [3.8, 4) is 28.3 Å². The molecule has 1 fully saturated rings. The summed E-state index contributed by atoms with van der Waals surface area (Å²) in [4.78, 5) is 43.9. The zero-order valence-corrected chi connectivity index (χ0v) is 23.0. The topological polar surface area (TPSA) is 85.8 Å². The Morgan fingerprint density at radius 1 is 1.03 bits per heavy atom. The van der Waals surface area contributed by atoms with E-state index in [2.05, 4.69) is 0 Å². The number of pyridine rings is 1. The van der Waals surface area contributed by atoms with E-state index in [1.165, 1.54) is 11.8 Å². The van der Waals surface area contributed by atoms with E-state index in [1.807, 2.05) is 32.0 Å². The fourth-order valence-electron chi connectivity index (χ4n) is 4.92. The number of fused-ring (bicyclic) bond motifs is 1. The number of benzene rings is 2. The highest BCUT2D eigenvalue weighted by atomic mass is 35.5. The van der Waals surface area contributed by atoms with Crippen molar-refractivity contribution in [1.82, 2.24) is 9.88 Å². The van der Waals surface area contributed by atoms with E-state index in [1.54, 1.807) is 30.3 Å². The fraction of sp³-hybridized carbons (Fsp3) is 0.286. The van der Waals surface area contributed by atoms with Gasteiger partial charge in [-0.3, -0.25) is 19.3 Å². The van der Waals surface area contributed by atoms with Crippen molar-refractivity contribution in [3.63, 3.8) is 0 Å². The van der Waals surface area contributed by atoms with E-state index >= 15 is 0 Å². The van der Waals surface area contributed by atoms with Gasteiger partial charge in [-0.25, -0.2) is 4.98 Å². The third-order valence-corrected chi connectivity index (χ3v) is 7.33. The van der Waals surface area contributed by atoms with Crippen molar-refractivity contribution in [2.24, 2.45) is 0 Å². The van der Waals surface area contributed by atoms with Crippen molar-refractivity contribution < 1.29 is 23.9 Å². The minimum atomic E-state index is -1.15. The summed E-state index contributed by atoms with van der Waals surface area (Å²) in [5.74, 6) is -1.33. The quantitative estimate of drug-likeness (QED) is 0.256. The van der Waals surface area contributed by atoms with Crippen LogP contribution < -0.4 is 4.74 Å².